The molecule has 1 aliphatic rings. The van der Waals surface area contributed by atoms with Crippen molar-refractivity contribution in [2.75, 3.05) is 12.4 Å². The number of benzene rings is 2. The molecule has 0 bridgehead atoms. The molecule has 9 heteroatoms. The highest BCUT2D eigenvalue weighted by molar-refractivity contribution is 8.18. The summed E-state index contributed by atoms with van der Waals surface area (Å²) >= 11 is 0.770. The number of hydrogen-bond acceptors (Lipinski definition) is 6. The summed E-state index contributed by atoms with van der Waals surface area (Å²) in [6.45, 7) is 3.50. The van der Waals surface area contributed by atoms with Gasteiger partial charge in [-0.3, -0.25) is 19.3 Å². The molecule has 3 amide bonds. The van der Waals surface area contributed by atoms with Crippen molar-refractivity contribution in [1.29, 1.82) is 0 Å². The minimum Gasteiger partial charge on any atom is -0.467 e. The number of anilines is 1. The van der Waals surface area contributed by atoms with Crippen LogP contribution >= 0.6 is 11.8 Å². The zero-order valence-electron chi connectivity index (χ0n) is 18.9. The number of aryl methyl sites for hydroxylation is 1. The Morgan fingerprint density at radius 2 is 1.82 bits per heavy atom. The fourth-order valence-electron chi connectivity index (χ4n) is 3.74. The number of para-hydroxylation sites is 1. The maximum Gasteiger partial charge on any atom is 0.328 e. The zero-order valence-corrected chi connectivity index (χ0v) is 19.7. The highest BCUT2D eigenvalue weighted by Crippen LogP contribution is 2.35. The maximum absolute atomic E-state index is 12.9. The Kier molecular flexibility index (Phi) is 6.56. The zero-order chi connectivity index (χ0) is 24.4. The number of nitrogens with zero attached hydrogens (tertiary/aromatic N) is 2. The minimum absolute atomic E-state index is 0.0725. The third-order valence-electron chi connectivity index (χ3n) is 5.51. The molecule has 3 aromatic rings. The number of imide groups is 1. The second-order valence-corrected chi connectivity index (χ2v) is 8.89. The van der Waals surface area contributed by atoms with Gasteiger partial charge in [-0.25, -0.2) is 4.79 Å². The van der Waals surface area contributed by atoms with Gasteiger partial charge in [0.1, 0.15) is 12.6 Å². The summed E-state index contributed by atoms with van der Waals surface area (Å²) in [4.78, 5) is 50.9. The van der Waals surface area contributed by atoms with Gasteiger partial charge in [0.2, 0.25) is 5.91 Å². The molecule has 34 heavy (non-hydrogen) atoms. The van der Waals surface area contributed by atoms with Crippen LogP contribution in [0, 0.1) is 6.92 Å². The fraction of sp³-hybridized carbons (Fsp3) is 0.200. The van der Waals surface area contributed by atoms with Gasteiger partial charge in [-0.1, -0.05) is 35.9 Å². The normalized spacial score (nSPS) is 15.7. The van der Waals surface area contributed by atoms with Gasteiger partial charge in [0.05, 0.1) is 12.0 Å². The molecule has 8 nitrogen and oxygen atoms in total. The molecule has 1 atom stereocenters. The van der Waals surface area contributed by atoms with E-state index in [4.69, 9.17) is 0 Å². The average molecular weight is 478 g/mol. The summed E-state index contributed by atoms with van der Waals surface area (Å²) < 4.78 is 6.46. The molecule has 2 aromatic carbocycles. The number of amides is 3. The lowest BCUT2D eigenvalue weighted by molar-refractivity contribution is -0.148. The first-order valence-electron chi connectivity index (χ1n) is 10.6. The van der Waals surface area contributed by atoms with Crippen molar-refractivity contribution in [2.24, 2.45) is 0 Å². The molecular formula is C25H23N3O5S. The van der Waals surface area contributed by atoms with Crippen LogP contribution in [-0.2, 0) is 25.7 Å². The molecule has 1 N–H and O–H groups in total. The van der Waals surface area contributed by atoms with Crippen molar-refractivity contribution in [3.63, 3.8) is 0 Å². The van der Waals surface area contributed by atoms with Crippen molar-refractivity contribution >= 4 is 57.5 Å². The lowest BCUT2D eigenvalue weighted by Gasteiger charge is -2.18. The van der Waals surface area contributed by atoms with Crippen LogP contribution < -0.4 is 5.32 Å². The predicted molar refractivity (Wildman–Crippen MR) is 131 cm³/mol. The first-order valence-corrected chi connectivity index (χ1v) is 11.4. The minimum atomic E-state index is -1.02. The molecule has 174 valence electrons. The molecule has 1 saturated heterocycles. The van der Waals surface area contributed by atoms with Crippen LogP contribution in [0.2, 0.25) is 0 Å². The largest absolute Gasteiger partial charge is 0.467 e. The summed E-state index contributed by atoms with van der Waals surface area (Å²) in [5.74, 6) is -1.41. The van der Waals surface area contributed by atoms with Gasteiger partial charge in [-0.05, 0) is 49.9 Å². The highest BCUT2D eigenvalue weighted by atomic mass is 32.2. The van der Waals surface area contributed by atoms with Crippen LogP contribution in [0.25, 0.3) is 17.0 Å². The van der Waals surface area contributed by atoms with E-state index in [0.717, 1.165) is 33.1 Å². The average Bonchev–Trinajstić information content (AvgIpc) is 3.30. The van der Waals surface area contributed by atoms with Gasteiger partial charge in [0.15, 0.2) is 0 Å². The molecule has 0 saturated carbocycles. The smallest absolute Gasteiger partial charge is 0.328 e. The van der Waals surface area contributed by atoms with Crippen molar-refractivity contribution in [3.05, 3.63) is 70.8 Å². The van der Waals surface area contributed by atoms with E-state index in [-0.39, 0.29) is 17.4 Å². The van der Waals surface area contributed by atoms with Crippen molar-refractivity contribution < 1.29 is 23.9 Å². The number of nitrogens with one attached hydrogen (secondary N) is 1. The summed E-state index contributed by atoms with van der Waals surface area (Å²) in [5.41, 5.74) is 3.31. The van der Waals surface area contributed by atoms with Gasteiger partial charge in [-0.2, -0.15) is 0 Å². The van der Waals surface area contributed by atoms with E-state index in [1.54, 1.807) is 16.8 Å². The second kappa shape index (κ2) is 9.56. The fourth-order valence-corrected chi connectivity index (χ4v) is 4.64. The number of fused-ring (bicyclic) bond motifs is 1. The van der Waals surface area contributed by atoms with E-state index in [9.17, 15) is 19.2 Å². The van der Waals surface area contributed by atoms with E-state index in [1.807, 2.05) is 55.5 Å². The van der Waals surface area contributed by atoms with E-state index in [1.165, 1.54) is 14.0 Å². The predicted octanol–water partition coefficient (Wildman–Crippen LogP) is 4.19. The van der Waals surface area contributed by atoms with Gasteiger partial charge < -0.3 is 14.6 Å². The van der Waals surface area contributed by atoms with Crippen LogP contribution in [-0.4, -0.2) is 45.6 Å². The Morgan fingerprint density at radius 3 is 2.53 bits per heavy atom. The monoisotopic (exact) mass is 477 g/mol. The molecule has 1 fully saturated rings. The molecule has 1 unspecified atom stereocenters. The Hall–Kier alpha value is -3.85. The first-order chi connectivity index (χ1) is 16.3. The van der Waals surface area contributed by atoms with Crippen LogP contribution in [0.1, 0.15) is 18.1 Å². The van der Waals surface area contributed by atoms with Gasteiger partial charge in [0.25, 0.3) is 11.1 Å². The third kappa shape index (κ3) is 4.60. The van der Waals surface area contributed by atoms with Crippen LogP contribution in [0.15, 0.2) is 59.6 Å². The number of carbonyl (C=O) groups is 4. The third-order valence-corrected chi connectivity index (χ3v) is 6.39. The standard InChI is InChI=1S/C25H23N3O5S/c1-15-8-10-18(11-9-15)26-22(29)14-27-13-17(19-6-4-5-7-20(19)27)12-21-23(30)28(25(32)34-21)16(2)24(31)33-3/h4-13,16H,14H2,1-3H3,(H,26,29)/b21-12+. The molecule has 4 rings (SSSR count). The molecule has 1 aliphatic heterocycles. The molecule has 0 spiro atoms. The molecule has 1 aromatic heterocycles. The van der Waals surface area contributed by atoms with Crippen molar-refractivity contribution in [2.45, 2.75) is 26.4 Å². The summed E-state index contributed by atoms with van der Waals surface area (Å²) in [5, 5.41) is 3.18. The topological polar surface area (TPSA) is 97.7 Å². The van der Waals surface area contributed by atoms with Gasteiger partial charge in [-0.15, -0.1) is 0 Å². The van der Waals surface area contributed by atoms with Crippen molar-refractivity contribution in [1.82, 2.24) is 9.47 Å². The number of methoxy groups -OCH3 is 1. The van der Waals surface area contributed by atoms with Crippen molar-refractivity contribution in [3.8, 4) is 0 Å². The highest BCUT2D eigenvalue weighted by Gasteiger charge is 2.41. The molecule has 0 aliphatic carbocycles. The number of esters is 1. The van der Waals surface area contributed by atoms with E-state index >= 15 is 0 Å². The van der Waals surface area contributed by atoms with Crippen LogP contribution in [0.3, 0.4) is 0 Å². The quantitative estimate of drug-likeness (QED) is 0.422. The van der Waals surface area contributed by atoms with Gasteiger partial charge in [0, 0.05) is 28.4 Å². The molecular weight excluding hydrogens is 454 g/mol. The second-order valence-electron chi connectivity index (χ2n) is 7.89. The molecule has 0 radical (unpaired) electrons. The Bertz CT molecular complexity index is 1330. The number of thioether (sulfide) groups is 1. The number of ether oxygens (including phenoxy) is 1. The Labute approximate surface area is 200 Å². The van der Waals surface area contributed by atoms with Crippen LogP contribution in [0.5, 0.6) is 0 Å². The lowest BCUT2D eigenvalue weighted by atomic mass is 10.1. The Balaban J connectivity index is 1.61. The van der Waals surface area contributed by atoms with Gasteiger partial charge >= 0.3 is 5.97 Å². The number of aromatic nitrogens is 1. The summed E-state index contributed by atoms with van der Waals surface area (Å²) in [7, 11) is 1.21. The van der Waals surface area contributed by atoms with E-state index in [2.05, 4.69) is 10.1 Å². The Morgan fingerprint density at radius 1 is 1.12 bits per heavy atom. The van der Waals surface area contributed by atoms with Crippen LogP contribution in [0.4, 0.5) is 10.5 Å². The summed E-state index contributed by atoms with van der Waals surface area (Å²) in [6.07, 6.45) is 3.39. The number of rotatable bonds is 6. The van der Waals surface area contributed by atoms with E-state index < -0.39 is 23.2 Å². The SMILES string of the molecule is COC(=O)C(C)N1C(=O)S/C(=C/c2cn(CC(=O)Nc3ccc(C)cc3)c3ccccc23)C1=O. The maximum atomic E-state index is 12.9. The lowest BCUT2D eigenvalue weighted by Crippen LogP contribution is -2.42. The first kappa shape index (κ1) is 23.3. The summed E-state index contributed by atoms with van der Waals surface area (Å²) in [6, 6.07) is 14.0. The van der Waals surface area contributed by atoms with E-state index in [0.29, 0.717) is 11.3 Å². The number of hydrogen-bond donors (Lipinski definition) is 1. The number of carbonyl (C=O) groups excluding carboxylic acids is 4. The molecule has 2 heterocycles.